The molecule has 1 unspecified atom stereocenters. The van der Waals surface area contributed by atoms with E-state index in [1.165, 1.54) is 24.3 Å². The lowest BCUT2D eigenvalue weighted by molar-refractivity contribution is 0.360. The van der Waals surface area contributed by atoms with Crippen molar-refractivity contribution in [1.29, 1.82) is 0 Å². The van der Waals surface area contributed by atoms with Gasteiger partial charge in [-0.15, -0.1) is 0 Å². The van der Waals surface area contributed by atoms with Crippen molar-refractivity contribution in [1.82, 2.24) is 20.1 Å². The van der Waals surface area contributed by atoms with E-state index >= 15 is 0 Å². The minimum absolute atomic E-state index is 0.584. The summed E-state index contributed by atoms with van der Waals surface area (Å²) in [4.78, 5) is 4.23. The molecule has 1 N–H and O–H groups in total. The monoisotopic (exact) mass is 240 g/mol. The minimum Gasteiger partial charge on any atom is -0.312 e. The van der Waals surface area contributed by atoms with E-state index in [2.05, 4.69) is 22.3 Å². The summed E-state index contributed by atoms with van der Waals surface area (Å²) in [5.74, 6) is 3.64. The van der Waals surface area contributed by atoms with Crippen LogP contribution in [0.15, 0.2) is 6.33 Å². The Balaban J connectivity index is 1.65. The molecule has 1 aliphatic heterocycles. The second kappa shape index (κ2) is 6.25. The third-order valence-corrected chi connectivity index (χ3v) is 3.89. The van der Waals surface area contributed by atoms with E-state index in [0.29, 0.717) is 6.04 Å². The van der Waals surface area contributed by atoms with E-state index in [9.17, 15) is 0 Å². The SMILES string of the molecule is CCSCCCNC1CCc2ncnn2C1. The van der Waals surface area contributed by atoms with Crippen molar-refractivity contribution in [3.8, 4) is 0 Å². The molecule has 1 aromatic heterocycles. The summed E-state index contributed by atoms with van der Waals surface area (Å²) in [6, 6.07) is 0.584. The quantitative estimate of drug-likeness (QED) is 0.762. The Hall–Kier alpha value is -0.550. The van der Waals surface area contributed by atoms with E-state index in [0.717, 1.165) is 25.3 Å². The van der Waals surface area contributed by atoms with E-state index in [1.54, 1.807) is 6.33 Å². The van der Waals surface area contributed by atoms with Crippen LogP contribution >= 0.6 is 11.8 Å². The summed E-state index contributed by atoms with van der Waals surface area (Å²) < 4.78 is 2.03. The number of thioether (sulfide) groups is 1. The Labute approximate surface area is 101 Å². The number of aryl methyl sites for hydroxylation is 1. The molecule has 90 valence electrons. The lowest BCUT2D eigenvalue weighted by atomic mass is 10.1. The highest BCUT2D eigenvalue weighted by atomic mass is 32.2. The number of nitrogens with zero attached hydrogens (tertiary/aromatic N) is 3. The van der Waals surface area contributed by atoms with E-state index < -0.39 is 0 Å². The second-order valence-corrected chi connectivity index (χ2v) is 5.49. The highest BCUT2D eigenvalue weighted by molar-refractivity contribution is 7.99. The first-order valence-corrected chi connectivity index (χ1v) is 7.23. The Morgan fingerprint density at radius 3 is 3.44 bits per heavy atom. The number of aromatic nitrogens is 3. The molecule has 0 aromatic carbocycles. The molecule has 5 heteroatoms. The van der Waals surface area contributed by atoms with Crippen LogP contribution in [0.2, 0.25) is 0 Å². The molecule has 0 amide bonds. The van der Waals surface area contributed by atoms with Crippen molar-refractivity contribution >= 4 is 11.8 Å². The highest BCUT2D eigenvalue weighted by Crippen LogP contribution is 2.11. The van der Waals surface area contributed by atoms with Crippen molar-refractivity contribution in [2.24, 2.45) is 0 Å². The average Bonchev–Trinajstić information content (AvgIpc) is 2.76. The summed E-state index contributed by atoms with van der Waals surface area (Å²) in [6.07, 6.45) is 5.18. The van der Waals surface area contributed by atoms with Crippen LogP contribution in [0.1, 0.15) is 25.6 Å². The molecule has 0 saturated heterocycles. The van der Waals surface area contributed by atoms with E-state index in [-0.39, 0.29) is 0 Å². The van der Waals surface area contributed by atoms with E-state index in [1.807, 2.05) is 16.4 Å². The van der Waals surface area contributed by atoms with Gasteiger partial charge >= 0.3 is 0 Å². The Morgan fingerprint density at radius 2 is 2.56 bits per heavy atom. The molecule has 1 aliphatic rings. The fourth-order valence-corrected chi connectivity index (χ4v) is 2.67. The first kappa shape index (κ1) is 11.9. The third kappa shape index (κ3) is 3.22. The lowest BCUT2D eigenvalue weighted by Crippen LogP contribution is -2.38. The van der Waals surface area contributed by atoms with Crippen molar-refractivity contribution in [3.63, 3.8) is 0 Å². The summed E-state index contributed by atoms with van der Waals surface area (Å²) in [6.45, 7) is 4.32. The van der Waals surface area contributed by atoms with Crippen molar-refractivity contribution < 1.29 is 0 Å². The van der Waals surface area contributed by atoms with Gasteiger partial charge < -0.3 is 5.32 Å². The topological polar surface area (TPSA) is 42.7 Å². The van der Waals surface area contributed by atoms with Gasteiger partial charge in [0.25, 0.3) is 0 Å². The summed E-state index contributed by atoms with van der Waals surface area (Å²) in [5, 5.41) is 7.84. The predicted octanol–water partition coefficient (Wildman–Crippen LogP) is 1.33. The molecule has 1 atom stereocenters. The zero-order valence-electron chi connectivity index (χ0n) is 9.85. The molecule has 0 saturated carbocycles. The molecule has 0 radical (unpaired) electrons. The van der Waals surface area contributed by atoms with Gasteiger partial charge in [-0.25, -0.2) is 9.67 Å². The Bertz CT molecular complexity index is 313. The molecule has 0 aliphatic carbocycles. The van der Waals surface area contributed by atoms with Gasteiger partial charge in [-0.3, -0.25) is 0 Å². The molecular formula is C11H20N4S. The van der Waals surface area contributed by atoms with Crippen LogP contribution in [-0.2, 0) is 13.0 Å². The van der Waals surface area contributed by atoms with Crippen LogP contribution in [0.3, 0.4) is 0 Å². The summed E-state index contributed by atoms with van der Waals surface area (Å²) in [7, 11) is 0. The second-order valence-electron chi connectivity index (χ2n) is 4.10. The number of nitrogens with one attached hydrogen (secondary N) is 1. The van der Waals surface area contributed by atoms with Crippen LogP contribution in [0.5, 0.6) is 0 Å². The van der Waals surface area contributed by atoms with Gasteiger partial charge in [0.2, 0.25) is 0 Å². The lowest BCUT2D eigenvalue weighted by Gasteiger charge is -2.23. The maximum atomic E-state index is 4.23. The molecule has 0 bridgehead atoms. The smallest absolute Gasteiger partial charge is 0.138 e. The van der Waals surface area contributed by atoms with Gasteiger partial charge in [-0.2, -0.15) is 16.9 Å². The first-order valence-electron chi connectivity index (χ1n) is 6.08. The normalized spacial score (nSPS) is 19.7. The van der Waals surface area contributed by atoms with Gasteiger partial charge in [0.05, 0.1) is 6.54 Å². The molecule has 0 fully saturated rings. The summed E-state index contributed by atoms with van der Waals surface area (Å²) in [5.41, 5.74) is 0. The highest BCUT2D eigenvalue weighted by Gasteiger charge is 2.18. The molecule has 2 heterocycles. The predicted molar refractivity (Wildman–Crippen MR) is 67.7 cm³/mol. The third-order valence-electron chi connectivity index (χ3n) is 2.91. The molecule has 16 heavy (non-hydrogen) atoms. The van der Waals surface area contributed by atoms with Crippen LogP contribution in [-0.4, -0.2) is 38.9 Å². The van der Waals surface area contributed by atoms with E-state index in [4.69, 9.17) is 0 Å². The molecule has 0 spiro atoms. The number of hydrogen-bond donors (Lipinski definition) is 1. The fraction of sp³-hybridized carbons (Fsp3) is 0.818. The van der Waals surface area contributed by atoms with Crippen LogP contribution < -0.4 is 5.32 Å². The van der Waals surface area contributed by atoms with Crippen molar-refractivity contribution in [2.45, 2.75) is 38.8 Å². The maximum Gasteiger partial charge on any atom is 0.138 e. The fourth-order valence-electron chi connectivity index (χ4n) is 2.03. The summed E-state index contributed by atoms with van der Waals surface area (Å²) >= 11 is 2.02. The van der Waals surface area contributed by atoms with Gasteiger partial charge in [-0.05, 0) is 30.9 Å². The van der Waals surface area contributed by atoms with Crippen molar-refractivity contribution in [3.05, 3.63) is 12.2 Å². The van der Waals surface area contributed by atoms with Gasteiger partial charge in [0.1, 0.15) is 12.2 Å². The van der Waals surface area contributed by atoms with Gasteiger partial charge in [-0.1, -0.05) is 6.92 Å². The standard InChI is InChI=1S/C11H20N4S/c1-2-16-7-3-6-12-10-4-5-11-13-9-14-15(11)8-10/h9-10,12H,2-8H2,1H3. The van der Waals surface area contributed by atoms with Crippen LogP contribution in [0.25, 0.3) is 0 Å². The number of rotatable bonds is 6. The first-order chi connectivity index (χ1) is 7.90. The van der Waals surface area contributed by atoms with Gasteiger partial charge in [0, 0.05) is 12.5 Å². The maximum absolute atomic E-state index is 4.23. The average molecular weight is 240 g/mol. The van der Waals surface area contributed by atoms with Crippen LogP contribution in [0.4, 0.5) is 0 Å². The van der Waals surface area contributed by atoms with Crippen molar-refractivity contribution in [2.75, 3.05) is 18.1 Å². The largest absolute Gasteiger partial charge is 0.312 e. The zero-order valence-corrected chi connectivity index (χ0v) is 10.7. The van der Waals surface area contributed by atoms with Gasteiger partial charge in [0.15, 0.2) is 0 Å². The molecule has 4 nitrogen and oxygen atoms in total. The minimum atomic E-state index is 0.584. The molecular weight excluding hydrogens is 220 g/mol. The Morgan fingerprint density at radius 1 is 1.62 bits per heavy atom. The number of fused-ring (bicyclic) bond motifs is 1. The van der Waals surface area contributed by atoms with Crippen LogP contribution in [0, 0.1) is 0 Å². The molecule has 1 aromatic rings. The number of hydrogen-bond acceptors (Lipinski definition) is 4. The zero-order chi connectivity index (χ0) is 11.2. The Kier molecular flexibility index (Phi) is 4.66. The molecule has 2 rings (SSSR count).